The Balaban J connectivity index is 1.89. The first-order valence-corrected chi connectivity index (χ1v) is 8.07. The standard InChI is InChI=1S/C20H27NO/c1-15-10-11-16(2)19(13-15)18(14-21)8-6-12-22-20-9-5-4-7-17(20)3/h4-5,7,9-11,13,18H,6,8,12,14,21H2,1-3H3. The highest BCUT2D eigenvalue weighted by Crippen LogP contribution is 2.25. The van der Waals surface area contributed by atoms with Crippen molar-refractivity contribution in [3.8, 4) is 5.75 Å². The first-order chi connectivity index (χ1) is 10.6. The van der Waals surface area contributed by atoms with E-state index in [1.165, 1.54) is 22.3 Å². The van der Waals surface area contributed by atoms with Crippen LogP contribution in [0.25, 0.3) is 0 Å². The maximum atomic E-state index is 6.00. The van der Waals surface area contributed by atoms with Crippen LogP contribution in [0.4, 0.5) is 0 Å². The van der Waals surface area contributed by atoms with Crippen molar-refractivity contribution in [3.63, 3.8) is 0 Å². The van der Waals surface area contributed by atoms with E-state index in [0.29, 0.717) is 12.5 Å². The number of ether oxygens (including phenoxy) is 1. The van der Waals surface area contributed by atoms with Crippen molar-refractivity contribution in [1.29, 1.82) is 0 Å². The van der Waals surface area contributed by atoms with Gasteiger partial charge >= 0.3 is 0 Å². The summed E-state index contributed by atoms with van der Waals surface area (Å²) in [5, 5.41) is 0. The van der Waals surface area contributed by atoms with Crippen LogP contribution in [0.15, 0.2) is 42.5 Å². The smallest absolute Gasteiger partial charge is 0.122 e. The zero-order chi connectivity index (χ0) is 15.9. The number of nitrogens with two attached hydrogens (primary N) is 1. The molecule has 118 valence electrons. The topological polar surface area (TPSA) is 35.2 Å². The first-order valence-electron chi connectivity index (χ1n) is 8.07. The highest BCUT2D eigenvalue weighted by molar-refractivity contribution is 5.34. The van der Waals surface area contributed by atoms with E-state index in [1.54, 1.807) is 0 Å². The molecular formula is C20H27NO. The summed E-state index contributed by atoms with van der Waals surface area (Å²) in [5.74, 6) is 1.40. The average Bonchev–Trinajstić information content (AvgIpc) is 2.52. The second kappa shape index (κ2) is 8.00. The van der Waals surface area contributed by atoms with Gasteiger partial charge in [0.2, 0.25) is 0 Å². The molecule has 0 fully saturated rings. The third kappa shape index (κ3) is 4.35. The summed E-state index contributed by atoms with van der Waals surface area (Å²) in [6.07, 6.45) is 2.08. The molecule has 0 amide bonds. The number of hydrogen-bond donors (Lipinski definition) is 1. The normalized spacial score (nSPS) is 12.2. The zero-order valence-electron chi connectivity index (χ0n) is 13.9. The van der Waals surface area contributed by atoms with Gasteiger partial charge in [0.15, 0.2) is 0 Å². The molecule has 2 aromatic carbocycles. The summed E-state index contributed by atoms with van der Waals surface area (Å²) >= 11 is 0. The lowest BCUT2D eigenvalue weighted by molar-refractivity contribution is 0.300. The van der Waals surface area contributed by atoms with Gasteiger partial charge in [-0.1, -0.05) is 42.0 Å². The van der Waals surface area contributed by atoms with Gasteiger partial charge in [-0.3, -0.25) is 0 Å². The van der Waals surface area contributed by atoms with Crippen molar-refractivity contribution in [1.82, 2.24) is 0 Å². The van der Waals surface area contributed by atoms with E-state index in [0.717, 1.165) is 25.2 Å². The molecule has 0 aliphatic rings. The van der Waals surface area contributed by atoms with Crippen LogP contribution in [0, 0.1) is 20.8 Å². The lowest BCUT2D eigenvalue weighted by Crippen LogP contribution is -2.15. The van der Waals surface area contributed by atoms with E-state index in [2.05, 4.69) is 45.0 Å². The van der Waals surface area contributed by atoms with Crippen LogP contribution >= 0.6 is 0 Å². The van der Waals surface area contributed by atoms with Crippen molar-refractivity contribution in [2.45, 2.75) is 39.5 Å². The number of rotatable bonds is 7. The lowest BCUT2D eigenvalue weighted by atomic mass is 9.90. The van der Waals surface area contributed by atoms with Gasteiger partial charge in [-0.25, -0.2) is 0 Å². The Morgan fingerprint density at radius 3 is 2.50 bits per heavy atom. The number of hydrogen-bond acceptors (Lipinski definition) is 2. The van der Waals surface area contributed by atoms with E-state index in [-0.39, 0.29) is 0 Å². The van der Waals surface area contributed by atoms with Crippen LogP contribution < -0.4 is 10.5 Å². The molecule has 0 spiro atoms. The van der Waals surface area contributed by atoms with Gasteiger partial charge in [0.25, 0.3) is 0 Å². The molecule has 2 nitrogen and oxygen atoms in total. The van der Waals surface area contributed by atoms with Crippen LogP contribution in [-0.2, 0) is 0 Å². The second-order valence-corrected chi connectivity index (χ2v) is 6.05. The molecular weight excluding hydrogens is 270 g/mol. The molecule has 2 rings (SSSR count). The number of benzene rings is 2. The summed E-state index contributed by atoms with van der Waals surface area (Å²) in [7, 11) is 0. The minimum atomic E-state index is 0.417. The van der Waals surface area contributed by atoms with E-state index < -0.39 is 0 Å². The van der Waals surface area contributed by atoms with E-state index in [9.17, 15) is 0 Å². The number of aryl methyl sites for hydroxylation is 3. The van der Waals surface area contributed by atoms with Crippen LogP contribution in [0.5, 0.6) is 5.75 Å². The Labute approximate surface area is 134 Å². The minimum absolute atomic E-state index is 0.417. The molecule has 0 saturated heterocycles. The Morgan fingerprint density at radius 1 is 1.00 bits per heavy atom. The Morgan fingerprint density at radius 2 is 1.77 bits per heavy atom. The molecule has 0 aromatic heterocycles. The zero-order valence-corrected chi connectivity index (χ0v) is 13.9. The predicted octanol–water partition coefficient (Wildman–Crippen LogP) is 4.51. The maximum absolute atomic E-state index is 6.00. The Hall–Kier alpha value is -1.80. The van der Waals surface area contributed by atoms with Crippen LogP contribution in [0.2, 0.25) is 0 Å². The number of para-hydroxylation sites is 1. The molecule has 22 heavy (non-hydrogen) atoms. The fraction of sp³-hybridized carbons (Fsp3) is 0.400. The highest BCUT2D eigenvalue weighted by atomic mass is 16.5. The van der Waals surface area contributed by atoms with Gasteiger partial charge in [-0.05, 0) is 68.8 Å². The highest BCUT2D eigenvalue weighted by Gasteiger charge is 2.12. The van der Waals surface area contributed by atoms with Crippen molar-refractivity contribution in [2.75, 3.05) is 13.2 Å². The fourth-order valence-corrected chi connectivity index (χ4v) is 2.83. The molecule has 0 radical (unpaired) electrons. The van der Waals surface area contributed by atoms with E-state index >= 15 is 0 Å². The molecule has 1 unspecified atom stereocenters. The van der Waals surface area contributed by atoms with Crippen LogP contribution in [0.3, 0.4) is 0 Å². The maximum Gasteiger partial charge on any atom is 0.122 e. The largest absolute Gasteiger partial charge is 0.493 e. The lowest BCUT2D eigenvalue weighted by Gasteiger charge is -2.18. The molecule has 2 N–H and O–H groups in total. The van der Waals surface area contributed by atoms with Crippen molar-refractivity contribution < 1.29 is 4.74 Å². The fourth-order valence-electron chi connectivity index (χ4n) is 2.83. The first kappa shape index (κ1) is 16.6. The Bertz CT molecular complexity index is 606. The van der Waals surface area contributed by atoms with Gasteiger partial charge < -0.3 is 10.5 Å². The van der Waals surface area contributed by atoms with E-state index in [1.807, 2.05) is 18.2 Å². The summed E-state index contributed by atoms with van der Waals surface area (Å²) in [5.41, 5.74) is 11.2. The third-order valence-electron chi connectivity index (χ3n) is 4.21. The molecule has 2 heteroatoms. The van der Waals surface area contributed by atoms with Gasteiger partial charge in [-0.2, -0.15) is 0 Å². The molecule has 0 bridgehead atoms. The summed E-state index contributed by atoms with van der Waals surface area (Å²) in [6.45, 7) is 7.81. The molecule has 1 atom stereocenters. The average molecular weight is 297 g/mol. The Kier molecular flexibility index (Phi) is 6.02. The van der Waals surface area contributed by atoms with Crippen LogP contribution in [0.1, 0.15) is 41.0 Å². The quantitative estimate of drug-likeness (QED) is 0.763. The molecule has 2 aromatic rings. The van der Waals surface area contributed by atoms with E-state index in [4.69, 9.17) is 10.5 Å². The molecule has 0 heterocycles. The van der Waals surface area contributed by atoms with Crippen molar-refractivity contribution in [2.24, 2.45) is 5.73 Å². The predicted molar refractivity (Wildman–Crippen MR) is 93.6 cm³/mol. The van der Waals surface area contributed by atoms with Gasteiger partial charge in [0.1, 0.15) is 5.75 Å². The minimum Gasteiger partial charge on any atom is -0.493 e. The molecule has 0 saturated carbocycles. The third-order valence-corrected chi connectivity index (χ3v) is 4.21. The summed E-state index contributed by atoms with van der Waals surface area (Å²) in [6, 6.07) is 14.8. The SMILES string of the molecule is Cc1ccc(C)c(C(CN)CCCOc2ccccc2C)c1. The molecule has 0 aliphatic heterocycles. The van der Waals surface area contributed by atoms with Gasteiger partial charge in [0, 0.05) is 0 Å². The molecule has 0 aliphatic carbocycles. The van der Waals surface area contributed by atoms with Crippen molar-refractivity contribution >= 4 is 0 Å². The van der Waals surface area contributed by atoms with Crippen LogP contribution in [-0.4, -0.2) is 13.2 Å². The second-order valence-electron chi connectivity index (χ2n) is 6.05. The van der Waals surface area contributed by atoms with Crippen molar-refractivity contribution in [3.05, 3.63) is 64.7 Å². The summed E-state index contributed by atoms with van der Waals surface area (Å²) < 4.78 is 5.88. The van der Waals surface area contributed by atoms with Gasteiger partial charge in [-0.15, -0.1) is 0 Å². The summed E-state index contributed by atoms with van der Waals surface area (Å²) in [4.78, 5) is 0. The van der Waals surface area contributed by atoms with Gasteiger partial charge in [0.05, 0.1) is 6.61 Å². The monoisotopic (exact) mass is 297 g/mol.